The Morgan fingerprint density at radius 2 is 2.43 bits per heavy atom. The van der Waals surface area contributed by atoms with Crippen molar-refractivity contribution in [1.82, 2.24) is 0 Å². The zero-order valence-corrected chi connectivity index (χ0v) is 5.83. The molecule has 0 radical (unpaired) electrons. The van der Waals surface area contributed by atoms with E-state index in [0.29, 0.717) is 5.84 Å². The first-order valence-corrected chi connectivity index (χ1v) is 2.85. The lowest BCUT2D eigenvalue weighted by atomic mass is 10.7. The molecule has 0 rings (SSSR count). The van der Waals surface area contributed by atoms with Crippen LogP contribution in [-0.2, 0) is 25.6 Å². The predicted octanol–water partition coefficient (Wildman–Crippen LogP) is -3.05. The highest BCUT2D eigenvalue weighted by molar-refractivity contribution is 7.80. The third-order valence-corrected chi connectivity index (χ3v) is 1.12. The molecule has 7 heavy (non-hydrogen) atoms. The standard InChI is InChI=1S/C2H4N2S3/c5-1-2(3-6)4-7/h1,3H,4H2. The van der Waals surface area contributed by atoms with Crippen LogP contribution in [0.1, 0.15) is 0 Å². The van der Waals surface area contributed by atoms with E-state index in [2.05, 4.69) is 42.2 Å². The molecule has 5 heteroatoms. The Bertz CT molecular complexity index is 88.9. The highest BCUT2D eigenvalue weighted by Gasteiger charge is 1.86. The molecule has 0 spiro atoms. The summed E-state index contributed by atoms with van der Waals surface area (Å²) in [5.74, 6) is 0.625. The third-order valence-electron chi connectivity index (χ3n) is 0.372. The Morgan fingerprint density at radius 1 is 1.86 bits per heavy atom. The molecule has 0 saturated carbocycles. The van der Waals surface area contributed by atoms with Crippen molar-refractivity contribution < 1.29 is 9.12 Å². The molecular formula is C2H4N2S3. The Morgan fingerprint density at radius 3 is 2.43 bits per heavy atom. The number of amidine groups is 1. The van der Waals surface area contributed by atoms with Crippen molar-refractivity contribution in [1.29, 1.82) is 0 Å². The first kappa shape index (κ1) is 7.29. The summed E-state index contributed by atoms with van der Waals surface area (Å²) in [5, 5.41) is 1.40. The predicted molar refractivity (Wildman–Crippen MR) is 36.3 cm³/mol. The van der Waals surface area contributed by atoms with Crippen LogP contribution >= 0.6 is 12.2 Å². The third kappa shape index (κ3) is 2.93. The molecule has 0 amide bonds. The van der Waals surface area contributed by atoms with Crippen LogP contribution in [0.5, 0.6) is 0 Å². The number of hydrogen-bond acceptors (Lipinski definition) is 3. The van der Waals surface area contributed by atoms with Crippen LogP contribution in [0.25, 0.3) is 0 Å². The fourth-order valence-corrected chi connectivity index (χ4v) is 0.683. The van der Waals surface area contributed by atoms with Gasteiger partial charge >= 0.3 is 5.84 Å². The van der Waals surface area contributed by atoms with Gasteiger partial charge in [0.2, 0.25) is 0 Å². The van der Waals surface area contributed by atoms with Gasteiger partial charge in [-0.15, -0.1) is 0 Å². The lowest BCUT2D eigenvalue weighted by Crippen LogP contribution is -2.95. The molecule has 0 atom stereocenters. The quantitative estimate of drug-likeness (QED) is 0.181. The highest BCUT2D eigenvalue weighted by Crippen LogP contribution is 1.37. The van der Waals surface area contributed by atoms with Gasteiger partial charge in [0.05, 0.1) is 0 Å². The van der Waals surface area contributed by atoms with Gasteiger partial charge in [0.25, 0.3) is 0 Å². The van der Waals surface area contributed by atoms with Crippen molar-refractivity contribution in [3.8, 4) is 0 Å². The maximum atomic E-state index is 4.48. The second-order valence-electron chi connectivity index (χ2n) is 0.793. The smallest absolute Gasteiger partial charge is 0.336 e. The molecule has 0 bridgehead atoms. The monoisotopic (exact) mass is 152 g/mol. The van der Waals surface area contributed by atoms with Crippen LogP contribution in [0.2, 0.25) is 0 Å². The molecular weight excluding hydrogens is 148 g/mol. The SMILES string of the molecule is S=CC(=[NH+][S-])[NH2+][S-]. The molecule has 0 aliphatic carbocycles. The molecule has 0 heterocycles. The van der Waals surface area contributed by atoms with Crippen LogP contribution < -0.4 is 9.12 Å². The largest absolute Gasteiger partial charge is 0.486 e. The van der Waals surface area contributed by atoms with Crippen molar-refractivity contribution in [2.24, 2.45) is 0 Å². The highest BCUT2D eigenvalue weighted by atomic mass is 32.1. The molecule has 0 aliphatic heterocycles. The summed E-state index contributed by atoms with van der Waals surface area (Å²) < 4.78 is 3.78. The van der Waals surface area contributed by atoms with E-state index in [4.69, 9.17) is 0 Å². The average molecular weight is 152 g/mol. The molecule has 2 nitrogen and oxygen atoms in total. The fourth-order valence-electron chi connectivity index (χ4n) is 0.0759. The molecule has 0 aromatic heterocycles. The molecule has 0 aromatic carbocycles. The molecule has 40 valence electrons. The summed E-state index contributed by atoms with van der Waals surface area (Å²) in [6.45, 7) is 0. The summed E-state index contributed by atoms with van der Waals surface area (Å²) in [6, 6.07) is 0. The van der Waals surface area contributed by atoms with Gasteiger partial charge in [-0.25, -0.2) is 0 Å². The zero-order valence-electron chi connectivity index (χ0n) is 3.38. The summed E-state index contributed by atoms with van der Waals surface area (Å²) in [4.78, 5) is 0. The van der Waals surface area contributed by atoms with Crippen molar-refractivity contribution in [2.45, 2.75) is 0 Å². The van der Waals surface area contributed by atoms with Gasteiger partial charge in [-0.1, -0.05) is 12.2 Å². The molecule has 3 N–H and O–H groups in total. The lowest BCUT2D eigenvalue weighted by molar-refractivity contribution is -0.414. The summed E-state index contributed by atoms with van der Waals surface area (Å²) in [7, 11) is 0. The molecule has 0 unspecified atom stereocenters. The molecule has 0 saturated heterocycles. The van der Waals surface area contributed by atoms with E-state index in [1.165, 1.54) is 10.1 Å². The van der Waals surface area contributed by atoms with Crippen LogP contribution in [0, 0.1) is 0 Å². The van der Waals surface area contributed by atoms with E-state index in [1.54, 1.807) is 0 Å². The number of rotatable bonds is 1. The van der Waals surface area contributed by atoms with Crippen LogP contribution in [0.4, 0.5) is 0 Å². The van der Waals surface area contributed by atoms with E-state index in [0.717, 1.165) is 0 Å². The van der Waals surface area contributed by atoms with E-state index < -0.39 is 0 Å². The average Bonchev–Trinajstić information content (AvgIpc) is 1.72. The molecule has 0 aromatic rings. The Kier molecular flexibility index (Phi) is 4.63. The second-order valence-corrected chi connectivity index (χ2v) is 1.47. The van der Waals surface area contributed by atoms with Crippen molar-refractivity contribution in [3.05, 3.63) is 0 Å². The summed E-state index contributed by atoms with van der Waals surface area (Å²) >= 11 is 13.4. The number of quaternary nitrogens is 1. The maximum Gasteiger partial charge on any atom is 0.336 e. The normalized spacial score (nSPS) is 11.3. The van der Waals surface area contributed by atoms with Crippen LogP contribution in [0.15, 0.2) is 0 Å². The number of nitrogens with one attached hydrogen (secondary N) is 1. The topological polar surface area (TPSA) is 30.6 Å². The van der Waals surface area contributed by atoms with E-state index in [1.807, 2.05) is 0 Å². The Hall–Kier alpha value is 0.290. The van der Waals surface area contributed by atoms with Crippen LogP contribution in [-0.4, -0.2) is 11.2 Å². The molecule has 0 fully saturated rings. The van der Waals surface area contributed by atoms with Gasteiger partial charge in [-0.3, -0.25) is 4.40 Å². The van der Waals surface area contributed by atoms with Gasteiger partial charge in [-0.05, 0) is 0 Å². The first-order chi connectivity index (χ1) is 3.35. The number of hydrogen-bond donors (Lipinski definition) is 2. The van der Waals surface area contributed by atoms with Crippen molar-refractivity contribution >= 4 is 49.1 Å². The number of nitrogens with two attached hydrogens (primary N) is 1. The van der Waals surface area contributed by atoms with Crippen LogP contribution in [0.3, 0.4) is 0 Å². The molecule has 0 aliphatic rings. The summed E-state index contributed by atoms with van der Waals surface area (Å²) in [6.07, 6.45) is 0. The second kappa shape index (κ2) is 4.45. The van der Waals surface area contributed by atoms with Gasteiger partial charge < -0.3 is 30.4 Å². The van der Waals surface area contributed by atoms with Crippen molar-refractivity contribution in [2.75, 3.05) is 0 Å². The fraction of sp³-hybridized carbons (Fsp3) is 0. The van der Waals surface area contributed by atoms with Gasteiger partial charge in [0.15, 0.2) is 0 Å². The lowest BCUT2D eigenvalue weighted by Gasteiger charge is -1.92. The van der Waals surface area contributed by atoms with E-state index in [-0.39, 0.29) is 0 Å². The number of thiocarbonyl (C=S) groups is 1. The Labute approximate surface area is 58.5 Å². The van der Waals surface area contributed by atoms with E-state index in [9.17, 15) is 0 Å². The maximum absolute atomic E-state index is 4.48. The summed E-state index contributed by atoms with van der Waals surface area (Å²) in [5.41, 5.74) is 0. The minimum atomic E-state index is 0.625. The Balaban J connectivity index is 3.60. The van der Waals surface area contributed by atoms with Gasteiger partial charge in [0, 0.05) is 0 Å². The minimum Gasteiger partial charge on any atom is -0.486 e. The van der Waals surface area contributed by atoms with Gasteiger partial charge in [-0.2, -0.15) is 0 Å². The zero-order chi connectivity index (χ0) is 5.70. The first-order valence-electron chi connectivity index (χ1n) is 1.50. The van der Waals surface area contributed by atoms with Crippen molar-refractivity contribution in [3.63, 3.8) is 0 Å². The van der Waals surface area contributed by atoms with E-state index >= 15 is 0 Å². The van der Waals surface area contributed by atoms with Gasteiger partial charge in [0.1, 0.15) is 5.37 Å². The minimum absolute atomic E-state index is 0.625.